The van der Waals surface area contributed by atoms with Gasteiger partial charge in [-0.3, -0.25) is 4.40 Å². The second-order valence-electron chi connectivity index (χ2n) is 3.97. The number of para-hydroxylation sites is 2. The highest BCUT2D eigenvalue weighted by Gasteiger charge is 2.09. The molecule has 0 radical (unpaired) electrons. The topological polar surface area (TPSA) is 33.4 Å². The zero-order chi connectivity index (χ0) is 11.1. The molecule has 2 heterocycles. The molecule has 4 heteroatoms. The Hall–Kier alpha value is -2.10. The molecule has 0 bridgehead atoms. The largest absolute Gasteiger partial charge is 0.361 e. The molecular weight excluding hydrogens is 200 g/mol. The lowest BCUT2D eigenvalue weighted by Crippen LogP contribution is -2.12. The maximum atomic E-state index is 4.64. The molecule has 0 N–H and O–H groups in total. The van der Waals surface area contributed by atoms with Crippen LogP contribution >= 0.6 is 0 Å². The first-order valence-corrected chi connectivity index (χ1v) is 5.15. The van der Waals surface area contributed by atoms with Crippen LogP contribution in [0.15, 0.2) is 36.8 Å². The van der Waals surface area contributed by atoms with Crippen LogP contribution in [0.2, 0.25) is 0 Å². The molecule has 0 amide bonds. The number of fused-ring (bicyclic) bond motifs is 3. The predicted molar refractivity (Wildman–Crippen MR) is 64.8 cm³/mol. The number of rotatable bonds is 1. The summed E-state index contributed by atoms with van der Waals surface area (Å²) in [5.74, 6) is 0.941. The summed E-state index contributed by atoms with van der Waals surface area (Å²) in [5.41, 5.74) is 3.10. The van der Waals surface area contributed by atoms with Crippen LogP contribution in [0.5, 0.6) is 0 Å². The molecule has 1 aromatic carbocycles. The number of imidazole rings is 1. The van der Waals surface area contributed by atoms with Crippen molar-refractivity contribution in [3.05, 3.63) is 36.8 Å². The van der Waals surface area contributed by atoms with Gasteiger partial charge in [0, 0.05) is 14.1 Å². The first-order valence-electron chi connectivity index (χ1n) is 5.15. The van der Waals surface area contributed by atoms with E-state index < -0.39 is 0 Å². The molecule has 3 rings (SSSR count). The Balaban J connectivity index is 2.53. The lowest BCUT2D eigenvalue weighted by molar-refractivity contribution is 1.07. The monoisotopic (exact) mass is 212 g/mol. The maximum Gasteiger partial charge on any atom is 0.154 e. The highest BCUT2D eigenvalue weighted by atomic mass is 15.2. The van der Waals surface area contributed by atoms with E-state index in [0.717, 1.165) is 22.4 Å². The fourth-order valence-electron chi connectivity index (χ4n) is 1.92. The number of benzene rings is 1. The third kappa shape index (κ3) is 1.16. The Morgan fingerprint density at radius 3 is 2.75 bits per heavy atom. The van der Waals surface area contributed by atoms with Gasteiger partial charge in [0.25, 0.3) is 0 Å². The second-order valence-corrected chi connectivity index (χ2v) is 3.97. The summed E-state index contributed by atoms with van der Waals surface area (Å²) < 4.78 is 2.07. The number of hydrogen-bond acceptors (Lipinski definition) is 3. The quantitative estimate of drug-likeness (QED) is 0.618. The standard InChI is InChI=1S/C12H12N4/c1-15(2)12-11-7-13-8-16(11)10-6-4-3-5-9(10)14-12/h3-8H,1-2H3. The van der Waals surface area contributed by atoms with E-state index in [-0.39, 0.29) is 0 Å². The van der Waals surface area contributed by atoms with Gasteiger partial charge < -0.3 is 4.90 Å². The van der Waals surface area contributed by atoms with Gasteiger partial charge in [-0.25, -0.2) is 9.97 Å². The van der Waals surface area contributed by atoms with Gasteiger partial charge in [0.15, 0.2) is 5.82 Å². The summed E-state index contributed by atoms with van der Waals surface area (Å²) in [6, 6.07) is 8.08. The van der Waals surface area contributed by atoms with E-state index in [1.807, 2.05) is 49.7 Å². The molecule has 80 valence electrons. The van der Waals surface area contributed by atoms with Crippen molar-refractivity contribution in [2.24, 2.45) is 0 Å². The molecule has 0 saturated heterocycles. The number of hydrogen-bond donors (Lipinski definition) is 0. The Bertz CT molecular complexity index is 654. The van der Waals surface area contributed by atoms with Crippen molar-refractivity contribution >= 4 is 22.4 Å². The second kappa shape index (κ2) is 3.20. The van der Waals surface area contributed by atoms with Gasteiger partial charge >= 0.3 is 0 Å². The van der Waals surface area contributed by atoms with Gasteiger partial charge in [-0.1, -0.05) is 12.1 Å². The van der Waals surface area contributed by atoms with E-state index in [1.165, 1.54) is 0 Å². The maximum absolute atomic E-state index is 4.64. The SMILES string of the molecule is CN(C)c1nc2ccccc2n2cncc12. The minimum Gasteiger partial charge on any atom is -0.361 e. The molecule has 0 aliphatic heterocycles. The number of anilines is 1. The summed E-state index contributed by atoms with van der Waals surface area (Å²) >= 11 is 0. The van der Waals surface area contributed by atoms with E-state index in [4.69, 9.17) is 0 Å². The van der Waals surface area contributed by atoms with Crippen molar-refractivity contribution < 1.29 is 0 Å². The highest BCUT2D eigenvalue weighted by Crippen LogP contribution is 2.22. The minimum atomic E-state index is 0.941. The molecule has 0 fully saturated rings. The van der Waals surface area contributed by atoms with Crippen LogP contribution in [-0.4, -0.2) is 28.5 Å². The first kappa shape index (κ1) is 9.15. The highest BCUT2D eigenvalue weighted by molar-refractivity contribution is 5.84. The van der Waals surface area contributed by atoms with Gasteiger partial charge in [-0.2, -0.15) is 0 Å². The van der Waals surface area contributed by atoms with Gasteiger partial charge in [-0.15, -0.1) is 0 Å². The summed E-state index contributed by atoms with van der Waals surface area (Å²) in [4.78, 5) is 10.8. The van der Waals surface area contributed by atoms with Crippen LogP contribution in [0, 0.1) is 0 Å². The molecule has 0 unspecified atom stereocenters. The molecule has 0 aliphatic rings. The Morgan fingerprint density at radius 2 is 1.94 bits per heavy atom. The lowest BCUT2D eigenvalue weighted by Gasteiger charge is -2.14. The molecule has 16 heavy (non-hydrogen) atoms. The molecule has 0 spiro atoms. The van der Waals surface area contributed by atoms with Crippen LogP contribution in [0.1, 0.15) is 0 Å². The van der Waals surface area contributed by atoms with E-state index in [9.17, 15) is 0 Å². The lowest BCUT2D eigenvalue weighted by atomic mass is 10.3. The summed E-state index contributed by atoms with van der Waals surface area (Å²) in [7, 11) is 3.98. The summed E-state index contributed by atoms with van der Waals surface area (Å²) in [6.07, 6.45) is 3.67. The van der Waals surface area contributed by atoms with Gasteiger partial charge in [0.1, 0.15) is 5.52 Å². The van der Waals surface area contributed by atoms with E-state index in [0.29, 0.717) is 0 Å². The van der Waals surface area contributed by atoms with Crippen LogP contribution in [-0.2, 0) is 0 Å². The number of nitrogens with zero attached hydrogens (tertiary/aromatic N) is 4. The fourth-order valence-corrected chi connectivity index (χ4v) is 1.92. The molecule has 3 aromatic rings. The Labute approximate surface area is 93.2 Å². The molecule has 0 saturated carbocycles. The van der Waals surface area contributed by atoms with Gasteiger partial charge in [-0.05, 0) is 12.1 Å². The van der Waals surface area contributed by atoms with Crippen molar-refractivity contribution in [1.29, 1.82) is 0 Å². The first-order chi connectivity index (χ1) is 7.77. The molecule has 0 atom stereocenters. The smallest absolute Gasteiger partial charge is 0.154 e. The van der Waals surface area contributed by atoms with Crippen molar-refractivity contribution in [2.75, 3.05) is 19.0 Å². The number of aromatic nitrogens is 3. The van der Waals surface area contributed by atoms with E-state index in [2.05, 4.69) is 20.4 Å². The van der Waals surface area contributed by atoms with Crippen molar-refractivity contribution in [3.8, 4) is 0 Å². The summed E-state index contributed by atoms with van der Waals surface area (Å²) in [5, 5.41) is 0. The van der Waals surface area contributed by atoms with Crippen LogP contribution in [0.4, 0.5) is 5.82 Å². The van der Waals surface area contributed by atoms with Gasteiger partial charge in [0.2, 0.25) is 0 Å². The third-order valence-corrected chi connectivity index (χ3v) is 2.66. The van der Waals surface area contributed by atoms with E-state index in [1.54, 1.807) is 0 Å². The summed E-state index contributed by atoms with van der Waals surface area (Å²) in [6.45, 7) is 0. The average Bonchev–Trinajstić information content (AvgIpc) is 2.76. The van der Waals surface area contributed by atoms with Gasteiger partial charge in [0.05, 0.1) is 23.6 Å². The van der Waals surface area contributed by atoms with Crippen molar-refractivity contribution in [1.82, 2.24) is 14.4 Å². The minimum absolute atomic E-state index is 0.941. The zero-order valence-electron chi connectivity index (χ0n) is 9.25. The van der Waals surface area contributed by atoms with Crippen LogP contribution in [0.25, 0.3) is 16.6 Å². The molecular formula is C12H12N4. The third-order valence-electron chi connectivity index (χ3n) is 2.66. The van der Waals surface area contributed by atoms with Crippen molar-refractivity contribution in [2.45, 2.75) is 0 Å². The van der Waals surface area contributed by atoms with Crippen LogP contribution < -0.4 is 4.90 Å². The van der Waals surface area contributed by atoms with Crippen LogP contribution in [0.3, 0.4) is 0 Å². The average molecular weight is 212 g/mol. The molecule has 4 nitrogen and oxygen atoms in total. The Kier molecular flexibility index (Phi) is 1.83. The Morgan fingerprint density at radius 1 is 1.12 bits per heavy atom. The van der Waals surface area contributed by atoms with E-state index >= 15 is 0 Å². The van der Waals surface area contributed by atoms with Crippen molar-refractivity contribution in [3.63, 3.8) is 0 Å². The molecule has 0 aliphatic carbocycles. The normalized spacial score (nSPS) is 11.1. The fraction of sp³-hybridized carbons (Fsp3) is 0.167. The zero-order valence-corrected chi connectivity index (χ0v) is 9.25. The molecule has 2 aromatic heterocycles. The predicted octanol–water partition coefficient (Wildman–Crippen LogP) is 1.95.